The highest BCUT2D eigenvalue weighted by Gasteiger charge is 2.13. The molecule has 1 atom stereocenters. The number of hydrogen-bond donors (Lipinski definition) is 2. The molecule has 2 nitrogen and oxygen atoms in total. The van der Waals surface area contributed by atoms with E-state index < -0.39 is 0 Å². The zero-order valence-electron chi connectivity index (χ0n) is 11.6. The van der Waals surface area contributed by atoms with Crippen molar-refractivity contribution < 1.29 is 10.2 Å². The van der Waals surface area contributed by atoms with Crippen LogP contribution in [0.4, 0.5) is 0 Å². The van der Waals surface area contributed by atoms with E-state index in [1.54, 1.807) is 12.1 Å². The maximum Gasteiger partial charge on any atom is 0.118 e. The number of benzene rings is 1. The average molecular weight is 256 g/mol. The predicted molar refractivity (Wildman–Crippen MR) is 78.4 cm³/mol. The molecule has 0 fully saturated rings. The largest absolute Gasteiger partial charge is 0.512 e. The molecule has 2 rings (SSSR count). The molecule has 0 aliphatic heterocycles. The third kappa shape index (κ3) is 3.08. The minimum atomic E-state index is 0.233. The Hall–Kier alpha value is -1.96. The van der Waals surface area contributed by atoms with E-state index in [1.807, 2.05) is 32.1 Å². The Balaban J connectivity index is 2.35. The van der Waals surface area contributed by atoms with E-state index in [1.165, 1.54) is 11.1 Å². The summed E-state index contributed by atoms with van der Waals surface area (Å²) in [6, 6.07) is 5.70. The molecule has 0 aromatic heterocycles. The molecule has 1 aromatic carbocycles. The van der Waals surface area contributed by atoms with Crippen molar-refractivity contribution in [2.24, 2.45) is 0 Å². The van der Waals surface area contributed by atoms with Crippen LogP contribution in [0, 0.1) is 6.92 Å². The molecule has 1 aliphatic carbocycles. The fraction of sp³-hybridized carbons (Fsp3) is 0.294. The van der Waals surface area contributed by atoms with E-state index >= 15 is 0 Å². The second-order valence-electron chi connectivity index (χ2n) is 5.26. The highest BCUT2D eigenvalue weighted by molar-refractivity contribution is 5.44. The molecule has 0 amide bonds. The van der Waals surface area contributed by atoms with Crippen LogP contribution >= 0.6 is 0 Å². The van der Waals surface area contributed by atoms with E-state index in [0.717, 1.165) is 11.1 Å². The predicted octanol–water partition coefficient (Wildman–Crippen LogP) is 4.52. The van der Waals surface area contributed by atoms with Crippen molar-refractivity contribution in [1.29, 1.82) is 0 Å². The Kier molecular flexibility index (Phi) is 3.79. The van der Waals surface area contributed by atoms with Crippen molar-refractivity contribution in [1.82, 2.24) is 0 Å². The van der Waals surface area contributed by atoms with Gasteiger partial charge in [0.25, 0.3) is 0 Å². The molecule has 1 aliphatic rings. The molecular weight excluding hydrogens is 236 g/mol. The zero-order chi connectivity index (χ0) is 14.0. The van der Waals surface area contributed by atoms with Gasteiger partial charge in [-0.3, -0.25) is 0 Å². The first-order chi connectivity index (χ1) is 8.97. The molecule has 2 N–H and O–H groups in total. The van der Waals surface area contributed by atoms with Crippen molar-refractivity contribution >= 4 is 0 Å². The standard InChI is InChI=1S/C17H20O2/c1-11-8-14(4-6-16(18)9-11)13(3)15-5-7-17(19)12(2)10-15/h4-8,10,13,18-19H,9H2,1-3H3. The Morgan fingerprint density at radius 3 is 2.53 bits per heavy atom. The van der Waals surface area contributed by atoms with Gasteiger partial charge in [-0.25, -0.2) is 0 Å². The quantitative estimate of drug-likeness (QED) is 0.816. The molecule has 1 aromatic rings. The summed E-state index contributed by atoms with van der Waals surface area (Å²) in [7, 11) is 0. The third-order valence-electron chi connectivity index (χ3n) is 3.56. The fourth-order valence-corrected chi connectivity index (χ4v) is 2.33. The van der Waals surface area contributed by atoms with Gasteiger partial charge in [0.05, 0.1) is 5.76 Å². The number of aromatic hydroxyl groups is 1. The first kappa shape index (κ1) is 13.5. The van der Waals surface area contributed by atoms with E-state index in [9.17, 15) is 10.2 Å². The van der Waals surface area contributed by atoms with Gasteiger partial charge in [-0.1, -0.05) is 36.8 Å². The lowest BCUT2D eigenvalue weighted by molar-refractivity contribution is 0.399. The summed E-state index contributed by atoms with van der Waals surface area (Å²) in [5, 5.41) is 19.2. The lowest BCUT2D eigenvalue weighted by atomic mass is 9.90. The summed E-state index contributed by atoms with van der Waals surface area (Å²) in [5.74, 6) is 0.962. The van der Waals surface area contributed by atoms with Crippen LogP contribution in [-0.4, -0.2) is 10.2 Å². The molecule has 2 heteroatoms. The summed E-state index contributed by atoms with van der Waals surface area (Å²) < 4.78 is 0. The molecule has 0 heterocycles. The first-order valence-electron chi connectivity index (χ1n) is 6.54. The van der Waals surface area contributed by atoms with Gasteiger partial charge >= 0.3 is 0 Å². The SMILES string of the molecule is CC1=CC(C(C)c2ccc(O)c(C)c2)=CC=C(O)C1. The molecule has 0 saturated carbocycles. The van der Waals surface area contributed by atoms with Crippen LogP contribution in [0.15, 0.2) is 53.3 Å². The van der Waals surface area contributed by atoms with E-state index in [2.05, 4.69) is 13.0 Å². The number of phenolic OH excluding ortho intramolecular Hbond substituents is 1. The second-order valence-corrected chi connectivity index (χ2v) is 5.26. The highest BCUT2D eigenvalue weighted by Crippen LogP contribution is 2.30. The molecule has 0 radical (unpaired) electrons. The summed E-state index contributed by atoms with van der Waals surface area (Å²) in [6.45, 7) is 6.06. The normalized spacial score (nSPS) is 17.1. The lowest BCUT2D eigenvalue weighted by Crippen LogP contribution is -1.97. The van der Waals surface area contributed by atoms with E-state index in [0.29, 0.717) is 17.9 Å². The Morgan fingerprint density at radius 1 is 1.11 bits per heavy atom. The lowest BCUT2D eigenvalue weighted by Gasteiger charge is -2.15. The minimum Gasteiger partial charge on any atom is -0.512 e. The van der Waals surface area contributed by atoms with E-state index in [4.69, 9.17) is 0 Å². The van der Waals surface area contributed by atoms with Gasteiger partial charge in [0.2, 0.25) is 0 Å². The van der Waals surface area contributed by atoms with Crippen molar-refractivity contribution in [2.45, 2.75) is 33.1 Å². The highest BCUT2D eigenvalue weighted by atomic mass is 16.3. The fourth-order valence-electron chi connectivity index (χ4n) is 2.33. The molecule has 0 spiro atoms. The second kappa shape index (κ2) is 5.35. The van der Waals surface area contributed by atoms with Gasteiger partial charge in [-0.05, 0) is 42.7 Å². The first-order valence-corrected chi connectivity index (χ1v) is 6.54. The molecule has 1 unspecified atom stereocenters. The van der Waals surface area contributed by atoms with Crippen LogP contribution in [0.1, 0.15) is 37.3 Å². The van der Waals surface area contributed by atoms with Crippen molar-refractivity contribution in [2.75, 3.05) is 0 Å². The van der Waals surface area contributed by atoms with Gasteiger partial charge in [0.15, 0.2) is 0 Å². The Morgan fingerprint density at radius 2 is 1.84 bits per heavy atom. The maximum absolute atomic E-state index is 9.65. The molecular formula is C17H20O2. The molecule has 0 bridgehead atoms. The summed E-state index contributed by atoms with van der Waals surface area (Å²) in [4.78, 5) is 0. The molecule has 0 saturated heterocycles. The van der Waals surface area contributed by atoms with Gasteiger partial charge in [0.1, 0.15) is 5.75 Å². The topological polar surface area (TPSA) is 40.5 Å². The van der Waals surface area contributed by atoms with Crippen LogP contribution in [0.2, 0.25) is 0 Å². The smallest absolute Gasteiger partial charge is 0.118 e. The zero-order valence-corrected chi connectivity index (χ0v) is 11.6. The van der Waals surface area contributed by atoms with Gasteiger partial charge in [-0.2, -0.15) is 0 Å². The van der Waals surface area contributed by atoms with Crippen LogP contribution in [0.3, 0.4) is 0 Å². The number of hydrogen-bond acceptors (Lipinski definition) is 2. The van der Waals surface area contributed by atoms with Gasteiger partial charge < -0.3 is 10.2 Å². The number of aliphatic hydroxyl groups is 1. The molecule has 19 heavy (non-hydrogen) atoms. The Labute approximate surface area is 114 Å². The van der Waals surface area contributed by atoms with Crippen LogP contribution < -0.4 is 0 Å². The molecule has 100 valence electrons. The number of aliphatic hydroxyl groups excluding tert-OH is 1. The third-order valence-corrected chi connectivity index (χ3v) is 3.56. The van der Waals surface area contributed by atoms with Crippen molar-refractivity contribution in [3.8, 4) is 5.75 Å². The number of aryl methyl sites for hydroxylation is 1. The van der Waals surface area contributed by atoms with E-state index in [-0.39, 0.29) is 5.92 Å². The monoisotopic (exact) mass is 256 g/mol. The van der Waals surface area contributed by atoms with Gasteiger partial charge in [0, 0.05) is 12.3 Å². The number of phenols is 1. The summed E-state index contributed by atoms with van der Waals surface area (Å²) in [6.07, 6.45) is 6.48. The Bertz CT molecular complexity index is 577. The van der Waals surface area contributed by atoms with Crippen molar-refractivity contribution in [3.05, 3.63) is 64.5 Å². The number of rotatable bonds is 2. The minimum absolute atomic E-state index is 0.233. The maximum atomic E-state index is 9.65. The van der Waals surface area contributed by atoms with Crippen LogP contribution in [0.5, 0.6) is 5.75 Å². The van der Waals surface area contributed by atoms with Crippen molar-refractivity contribution in [3.63, 3.8) is 0 Å². The number of allylic oxidation sites excluding steroid dienone is 5. The summed E-state index contributed by atoms with van der Waals surface area (Å²) >= 11 is 0. The van der Waals surface area contributed by atoms with Crippen LogP contribution in [-0.2, 0) is 0 Å². The summed E-state index contributed by atoms with van der Waals surface area (Å²) in [5.41, 5.74) is 4.38. The van der Waals surface area contributed by atoms with Crippen LogP contribution in [0.25, 0.3) is 0 Å². The van der Waals surface area contributed by atoms with Gasteiger partial charge in [-0.15, -0.1) is 0 Å². The average Bonchev–Trinajstić information content (AvgIpc) is 2.53.